The van der Waals surface area contributed by atoms with E-state index in [1.807, 2.05) is 6.92 Å². The van der Waals surface area contributed by atoms with E-state index in [2.05, 4.69) is 0 Å². The Bertz CT molecular complexity index is 1120. The van der Waals surface area contributed by atoms with Gasteiger partial charge in [-0.1, -0.05) is 37.8 Å². The maximum atomic E-state index is 13.9. The molecule has 30 heavy (non-hydrogen) atoms. The molecule has 5 nitrogen and oxygen atoms in total. The van der Waals surface area contributed by atoms with Crippen LogP contribution >= 0.6 is 11.6 Å². The fourth-order valence-electron chi connectivity index (χ4n) is 3.88. The molecule has 7 heteroatoms. The van der Waals surface area contributed by atoms with Crippen LogP contribution < -0.4 is 0 Å². The highest BCUT2D eigenvalue weighted by Crippen LogP contribution is 2.37. The van der Waals surface area contributed by atoms with Crippen LogP contribution in [0.5, 0.6) is 5.75 Å². The zero-order valence-corrected chi connectivity index (χ0v) is 17.5. The van der Waals surface area contributed by atoms with E-state index in [9.17, 15) is 24.2 Å². The summed E-state index contributed by atoms with van der Waals surface area (Å²) in [6.45, 7) is 3.71. The van der Waals surface area contributed by atoms with Gasteiger partial charge < -0.3 is 10.2 Å². The first kappa shape index (κ1) is 21.8. The van der Waals surface area contributed by atoms with Gasteiger partial charge in [0.1, 0.15) is 11.6 Å². The summed E-state index contributed by atoms with van der Waals surface area (Å²) in [6.07, 6.45) is 3.00. The zero-order valence-electron chi connectivity index (χ0n) is 16.8. The molecule has 1 heterocycles. The Labute approximate surface area is 178 Å². The Morgan fingerprint density at radius 1 is 1.17 bits per heavy atom. The van der Waals surface area contributed by atoms with Crippen LogP contribution in [0.25, 0.3) is 10.9 Å². The predicted octanol–water partition coefficient (Wildman–Crippen LogP) is 5.88. The minimum Gasteiger partial charge on any atom is -0.508 e. The number of phenolic OH excluding ortho intramolecular Hbond substituents is 1. The smallest absolute Gasteiger partial charge is 0.311 e. The molecule has 0 bridgehead atoms. The summed E-state index contributed by atoms with van der Waals surface area (Å²) in [5, 5.41) is 20.3. The van der Waals surface area contributed by atoms with E-state index in [1.54, 1.807) is 13.0 Å². The van der Waals surface area contributed by atoms with E-state index in [-0.39, 0.29) is 16.3 Å². The summed E-state index contributed by atoms with van der Waals surface area (Å²) >= 11 is 5.73. The first-order valence-electron chi connectivity index (χ1n) is 9.82. The lowest BCUT2D eigenvalue weighted by Gasteiger charge is -2.14. The summed E-state index contributed by atoms with van der Waals surface area (Å²) in [4.78, 5) is 25.3. The number of carboxylic acids is 1. The molecule has 0 fully saturated rings. The molecule has 0 spiro atoms. The van der Waals surface area contributed by atoms with E-state index < -0.39 is 23.6 Å². The molecule has 2 aromatic carbocycles. The standard InChI is InChI=1S/C23H23ClFNO4/c1-3-4-5-6-16(23(29)30)21-13(2)26(20-10-8-15(27)12-17(20)21)22(28)14-7-9-18(24)19(25)11-14/h7-12,16,27H,3-6H2,1-2H3,(H,29,30)/t16-/m0/s1. The van der Waals surface area contributed by atoms with Crippen molar-refractivity contribution in [1.82, 2.24) is 4.57 Å². The lowest BCUT2D eigenvalue weighted by molar-refractivity contribution is -0.139. The fraction of sp³-hybridized carbons (Fsp3) is 0.304. The number of hydrogen-bond donors (Lipinski definition) is 2. The third-order valence-electron chi connectivity index (χ3n) is 5.35. The maximum absolute atomic E-state index is 13.9. The second-order valence-electron chi connectivity index (χ2n) is 7.36. The Kier molecular flexibility index (Phi) is 6.46. The number of phenols is 1. The van der Waals surface area contributed by atoms with Gasteiger partial charge in [-0.15, -0.1) is 0 Å². The van der Waals surface area contributed by atoms with E-state index in [0.717, 1.165) is 25.3 Å². The van der Waals surface area contributed by atoms with Gasteiger partial charge in [0.05, 0.1) is 16.5 Å². The van der Waals surface area contributed by atoms with Crippen molar-refractivity contribution in [2.45, 2.75) is 45.4 Å². The molecule has 0 saturated carbocycles. The van der Waals surface area contributed by atoms with Crippen molar-refractivity contribution in [3.63, 3.8) is 0 Å². The number of aliphatic carboxylic acids is 1. The van der Waals surface area contributed by atoms with Gasteiger partial charge in [-0.25, -0.2) is 4.39 Å². The average molecular weight is 432 g/mol. The van der Waals surface area contributed by atoms with Gasteiger partial charge in [0.2, 0.25) is 0 Å². The number of carbonyl (C=O) groups is 2. The number of nitrogens with zero attached hydrogens (tertiary/aromatic N) is 1. The molecule has 0 saturated heterocycles. The van der Waals surface area contributed by atoms with Crippen LogP contribution in [0, 0.1) is 12.7 Å². The minimum atomic E-state index is -0.985. The quantitative estimate of drug-likeness (QED) is 0.457. The summed E-state index contributed by atoms with van der Waals surface area (Å²) in [5.41, 5.74) is 1.50. The summed E-state index contributed by atoms with van der Waals surface area (Å²) in [7, 11) is 0. The van der Waals surface area contributed by atoms with Crippen LogP contribution in [-0.2, 0) is 4.79 Å². The summed E-state index contributed by atoms with van der Waals surface area (Å²) in [5.74, 6) is -3.04. The van der Waals surface area contributed by atoms with Crippen LogP contribution in [0.2, 0.25) is 5.02 Å². The Morgan fingerprint density at radius 3 is 2.53 bits per heavy atom. The van der Waals surface area contributed by atoms with Crippen molar-refractivity contribution >= 4 is 34.4 Å². The number of unbranched alkanes of at least 4 members (excludes halogenated alkanes) is 2. The molecule has 0 aliphatic rings. The molecule has 0 aliphatic carbocycles. The van der Waals surface area contributed by atoms with Crippen LogP contribution in [0.15, 0.2) is 36.4 Å². The number of halogens is 2. The molecule has 1 aromatic heterocycles. The molecule has 3 rings (SSSR count). The molecule has 158 valence electrons. The molecular formula is C23H23ClFNO4. The lowest BCUT2D eigenvalue weighted by Crippen LogP contribution is -2.16. The molecule has 1 atom stereocenters. The number of benzene rings is 2. The highest BCUT2D eigenvalue weighted by Gasteiger charge is 2.29. The Morgan fingerprint density at radius 2 is 1.90 bits per heavy atom. The first-order valence-corrected chi connectivity index (χ1v) is 10.2. The molecule has 0 amide bonds. The average Bonchev–Trinajstić information content (AvgIpc) is 2.97. The minimum absolute atomic E-state index is 0.0245. The molecule has 0 unspecified atom stereocenters. The van der Waals surface area contributed by atoms with Gasteiger partial charge in [0.25, 0.3) is 5.91 Å². The van der Waals surface area contributed by atoms with Gasteiger partial charge in [0, 0.05) is 16.6 Å². The van der Waals surface area contributed by atoms with E-state index >= 15 is 0 Å². The molecule has 0 aliphatic heterocycles. The van der Waals surface area contributed by atoms with Crippen LogP contribution in [0.3, 0.4) is 0 Å². The van der Waals surface area contributed by atoms with Gasteiger partial charge in [-0.2, -0.15) is 0 Å². The fourth-order valence-corrected chi connectivity index (χ4v) is 4.00. The van der Waals surface area contributed by atoms with Gasteiger partial charge in [-0.3, -0.25) is 14.2 Å². The molecular weight excluding hydrogens is 409 g/mol. The largest absolute Gasteiger partial charge is 0.508 e. The number of aromatic nitrogens is 1. The van der Waals surface area contributed by atoms with Crippen molar-refractivity contribution in [3.8, 4) is 5.75 Å². The van der Waals surface area contributed by atoms with Crippen molar-refractivity contribution < 1.29 is 24.2 Å². The molecule has 0 radical (unpaired) electrons. The van der Waals surface area contributed by atoms with Crippen molar-refractivity contribution in [2.24, 2.45) is 0 Å². The van der Waals surface area contributed by atoms with Crippen LogP contribution in [0.1, 0.15) is 60.1 Å². The maximum Gasteiger partial charge on any atom is 0.311 e. The Hall–Kier alpha value is -2.86. The predicted molar refractivity (Wildman–Crippen MR) is 114 cm³/mol. The van der Waals surface area contributed by atoms with Crippen LogP contribution in [-0.4, -0.2) is 26.7 Å². The second-order valence-corrected chi connectivity index (χ2v) is 7.76. The third-order valence-corrected chi connectivity index (χ3v) is 5.66. The van der Waals surface area contributed by atoms with Crippen LogP contribution in [0.4, 0.5) is 4.39 Å². The topological polar surface area (TPSA) is 79.5 Å². The molecule has 2 N–H and O–H groups in total. The number of carboxylic acid groups (broad SMARTS) is 1. The van der Waals surface area contributed by atoms with Gasteiger partial charge in [-0.05, 0) is 55.3 Å². The highest BCUT2D eigenvalue weighted by atomic mass is 35.5. The monoisotopic (exact) mass is 431 g/mol. The third kappa shape index (κ3) is 4.05. The van der Waals surface area contributed by atoms with Gasteiger partial charge in [0.15, 0.2) is 0 Å². The van der Waals surface area contributed by atoms with E-state index in [4.69, 9.17) is 11.6 Å². The zero-order chi connectivity index (χ0) is 22.0. The lowest BCUT2D eigenvalue weighted by atomic mass is 9.91. The van der Waals surface area contributed by atoms with E-state index in [0.29, 0.717) is 28.6 Å². The second kappa shape index (κ2) is 8.88. The normalized spacial score (nSPS) is 12.3. The number of hydrogen-bond acceptors (Lipinski definition) is 3. The van der Waals surface area contributed by atoms with Crippen molar-refractivity contribution in [3.05, 3.63) is 64.1 Å². The van der Waals surface area contributed by atoms with E-state index in [1.165, 1.54) is 28.8 Å². The van der Waals surface area contributed by atoms with Gasteiger partial charge >= 0.3 is 5.97 Å². The number of carbonyl (C=O) groups excluding carboxylic acids is 1. The number of aromatic hydroxyl groups is 1. The summed E-state index contributed by atoms with van der Waals surface area (Å²) < 4.78 is 15.3. The SMILES string of the molecule is CCCCC[C@H](C(=O)O)c1c(C)n(C(=O)c2ccc(Cl)c(F)c2)c2ccc(O)cc12. The Balaban J connectivity index is 2.21. The number of fused-ring (bicyclic) bond motifs is 1. The van der Waals surface area contributed by atoms with Crippen molar-refractivity contribution in [2.75, 3.05) is 0 Å². The highest BCUT2D eigenvalue weighted by molar-refractivity contribution is 6.30. The first-order chi connectivity index (χ1) is 14.3. The van der Waals surface area contributed by atoms with Crippen molar-refractivity contribution in [1.29, 1.82) is 0 Å². The molecule has 3 aromatic rings. The number of rotatable bonds is 7. The summed E-state index contributed by atoms with van der Waals surface area (Å²) in [6, 6.07) is 8.27.